The molecule has 0 aliphatic heterocycles. The largest absolute Gasteiger partial charge is 0.345 e. The molecule has 0 atom stereocenters. The third kappa shape index (κ3) is 1.80. The number of H-pyrrole nitrogens is 1. The van der Waals surface area contributed by atoms with E-state index in [4.69, 9.17) is 0 Å². The predicted molar refractivity (Wildman–Crippen MR) is 65.7 cm³/mol. The minimum Gasteiger partial charge on any atom is -0.345 e. The summed E-state index contributed by atoms with van der Waals surface area (Å²) >= 11 is 0. The monoisotopic (exact) mass is 224 g/mol. The van der Waals surface area contributed by atoms with Crippen LogP contribution in [0.1, 0.15) is 28.2 Å². The highest BCUT2D eigenvalue weighted by molar-refractivity contribution is 6.12. The molecule has 1 aromatic carbocycles. The summed E-state index contributed by atoms with van der Waals surface area (Å²) in [5.41, 5.74) is 2.81. The zero-order chi connectivity index (χ0) is 11.7. The van der Waals surface area contributed by atoms with Gasteiger partial charge in [0, 0.05) is 23.5 Å². The van der Waals surface area contributed by atoms with Gasteiger partial charge in [0.05, 0.1) is 0 Å². The third-order valence-corrected chi connectivity index (χ3v) is 3.05. The maximum Gasteiger partial charge on any atom is 0.189 e. The van der Waals surface area contributed by atoms with Crippen LogP contribution in [0.2, 0.25) is 0 Å². The first-order valence-electron chi connectivity index (χ1n) is 5.67. The molecule has 2 aromatic rings. The highest BCUT2D eigenvalue weighted by Gasteiger charge is 2.21. The molecule has 1 aromatic heterocycles. The van der Waals surface area contributed by atoms with E-state index in [1.807, 2.05) is 30.3 Å². The molecule has 84 valence electrons. The Morgan fingerprint density at radius 2 is 2.12 bits per heavy atom. The lowest BCUT2D eigenvalue weighted by atomic mass is 9.87. The van der Waals surface area contributed by atoms with Gasteiger partial charge >= 0.3 is 0 Å². The molecule has 1 aliphatic carbocycles. The standard InChI is InChI=1S/C14H12N2O/c17-14-11(9-13-15-7-8-16-13)6-5-10-3-1-2-4-12(10)14/h1-4,7-9H,5-6H2,(H,15,16). The van der Waals surface area contributed by atoms with Crippen molar-refractivity contribution in [3.05, 3.63) is 59.2 Å². The Hall–Kier alpha value is -2.16. The van der Waals surface area contributed by atoms with Crippen molar-refractivity contribution in [3.8, 4) is 0 Å². The van der Waals surface area contributed by atoms with Crippen molar-refractivity contribution in [2.24, 2.45) is 0 Å². The number of nitrogens with one attached hydrogen (secondary N) is 1. The second kappa shape index (κ2) is 4.01. The molecular formula is C14H12N2O. The Morgan fingerprint density at radius 3 is 2.94 bits per heavy atom. The fourth-order valence-electron chi connectivity index (χ4n) is 2.17. The maximum atomic E-state index is 12.2. The van der Waals surface area contributed by atoms with Crippen molar-refractivity contribution in [3.63, 3.8) is 0 Å². The number of hydrogen-bond donors (Lipinski definition) is 1. The molecule has 0 amide bonds. The lowest BCUT2D eigenvalue weighted by Gasteiger charge is -2.16. The number of aryl methyl sites for hydroxylation is 1. The van der Waals surface area contributed by atoms with Crippen LogP contribution in [0.4, 0.5) is 0 Å². The van der Waals surface area contributed by atoms with Gasteiger partial charge < -0.3 is 4.98 Å². The number of fused-ring (bicyclic) bond motifs is 1. The smallest absolute Gasteiger partial charge is 0.189 e. The molecule has 1 N–H and O–H groups in total. The number of allylic oxidation sites excluding steroid dienone is 1. The predicted octanol–water partition coefficient (Wildman–Crippen LogP) is 2.62. The van der Waals surface area contributed by atoms with Crippen LogP contribution in [0.15, 0.2) is 42.2 Å². The first kappa shape index (κ1) is 10.0. The van der Waals surface area contributed by atoms with E-state index in [0.29, 0.717) is 0 Å². The van der Waals surface area contributed by atoms with E-state index >= 15 is 0 Å². The van der Waals surface area contributed by atoms with Crippen LogP contribution in [0.5, 0.6) is 0 Å². The molecule has 1 aliphatic rings. The van der Waals surface area contributed by atoms with Gasteiger partial charge in [-0.25, -0.2) is 4.98 Å². The summed E-state index contributed by atoms with van der Waals surface area (Å²) in [6.07, 6.45) is 7.00. The minimum absolute atomic E-state index is 0.128. The maximum absolute atomic E-state index is 12.2. The van der Waals surface area contributed by atoms with Gasteiger partial charge in [-0.05, 0) is 24.5 Å². The first-order chi connectivity index (χ1) is 8.34. The van der Waals surface area contributed by atoms with Crippen LogP contribution in [-0.2, 0) is 6.42 Å². The van der Waals surface area contributed by atoms with Crippen LogP contribution in [-0.4, -0.2) is 15.8 Å². The molecule has 0 saturated heterocycles. The summed E-state index contributed by atoms with van der Waals surface area (Å²) in [4.78, 5) is 19.3. The van der Waals surface area contributed by atoms with Crippen molar-refractivity contribution >= 4 is 11.9 Å². The van der Waals surface area contributed by atoms with E-state index < -0.39 is 0 Å². The summed E-state index contributed by atoms with van der Waals surface area (Å²) in [7, 11) is 0. The Bertz CT molecular complexity index is 582. The molecule has 0 bridgehead atoms. The Kier molecular flexibility index (Phi) is 2.37. The van der Waals surface area contributed by atoms with Crippen molar-refractivity contribution in [1.82, 2.24) is 9.97 Å². The van der Waals surface area contributed by atoms with E-state index in [2.05, 4.69) is 9.97 Å². The van der Waals surface area contributed by atoms with Crippen LogP contribution in [0, 0.1) is 0 Å². The number of benzene rings is 1. The molecule has 0 fully saturated rings. The summed E-state index contributed by atoms with van der Waals surface area (Å²) in [5.74, 6) is 0.871. The van der Waals surface area contributed by atoms with Gasteiger partial charge in [-0.3, -0.25) is 4.79 Å². The number of aromatic amines is 1. The zero-order valence-electron chi connectivity index (χ0n) is 9.31. The number of Topliss-reactive ketones (excluding diaryl/α,β-unsaturated/α-hetero) is 1. The number of imidazole rings is 1. The van der Waals surface area contributed by atoms with Crippen molar-refractivity contribution in [2.75, 3.05) is 0 Å². The molecular weight excluding hydrogens is 212 g/mol. The lowest BCUT2D eigenvalue weighted by Crippen LogP contribution is -2.13. The fraction of sp³-hybridized carbons (Fsp3) is 0.143. The molecule has 1 heterocycles. The molecule has 3 rings (SSSR count). The number of carbonyl (C=O) groups excluding carboxylic acids is 1. The number of ketones is 1. The Labute approximate surface area is 99.2 Å². The van der Waals surface area contributed by atoms with Gasteiger partial charge in [-0.15, -0.1) is 0 Å². The van der Waals surface area contributed by atoms with Crippen LogP contribution in [0.3, 0.4) is 0 Å². The van der Waals surface area contributed by atoms with Gasteiger partial charge in [0.25, 0.3) is 0 Å². The summed E-state index contributed by atoms with van der Waals surface area (Å²) in [6.45, 7) is 0. The Morgan fingerprint density at radius 1 is 1.24 bits per heavy atom. The fourth-order valence-corrected chi connectivity index (χ4v) is 2.17. The number of rotatable bonds is 1. The van der Waals surface area contributed by atoms with E-state index in [0.717, 1.165) is 35.4 Å². The molecule has 0 unspecified atom stereocenters. The second-order valence-corrected chi connectivity index (χ2v) is 4.13. The van der Waals surface area contributed by atoms with E-state index in [9.17, 15) is 4.79 Å². The van der Waals surface area contributed by atoms with Gasteiger partial charge in [0.1, 0.15) is 5.82 Å². The van der Waals surface area contributed by atoms with Gasteiger partial charge in [0.15, 0.2) is 5.78 Å². The van der Waals surface area contributed by atoms with E-state index in [1.54, 1.807) is 12.4 Å². The van der Waals surface area contributed by atoms with Gasteiger partial charge in [-0.2, -0.15) is 0 Å². The molecule has 0 radical (unpaired) electrons. The van der Waals surface area contributed by atoms with E-state index in [-0.39, 0.29) is 5.78 Å². The topological polar surface area (TPSA) is 45.8 Å². The molecule has 3 heteroatoms. The highest BCUT2D eigenvalue weighted by atomic mass is 16.1. The number of nitrogens with zero attached hydrogens (tertiary/aromatic N) is 1. The summed E-state index contributed by atoms with van der Waals surface area (Å²) < 4.78 is 0. The SMILES string of the molecule is O=C1C(=Cc2ncc[nH]2)CCc2ccccc21. The lowest BCUT2D eigenvalue weighted by molar-refractivity contribution is 0.102. The molecule has 17 heavy (non-hydrogen) atoms. The van der Waals surface area contributed by atoms with E-state index in [1.165, 1.54) is 0 Å². The minimum atomic E-state index is 0.128. The van der Waals surface area contributed by atoms with Crippen LogP contribution in [0.25, 0.3) is 6.08 Å². The van der Waals surface area contributed by atoms with Crippen LogP contribution >= 0.6 is 0 Å². The Balaban J connectivity index is 2.00. The highest BCUT2D eigenvalue weighted by Crippen LogP contribution is 2.25. The van der Waals surface area contributed by atoms with Crippen molar-refractivity contribution in [2.45, 2.75) is 12.8 Å². The third-order valence-electron chi connectivity index (χ3n) is 3.05. The van der Waals surface area contributed by atoms with Crippen LogP contribution < -0.4 is 0 Å². The van der Waals surface area contributed by atoms with Gasteiger partial charge in [-0.1, -0.05) is 24.3 Å². The molecule has 3 nitrogen and oxygen atoms in total. The number of aromatic nitrogens is 2. The quantitative estimate of drug-likeness (QED) is 0.757. The summed E-state index contributed by atoms with van der Waals surface area (Å²) in [6, 6.07) is 7.81. The average molecular weight is 224 g/mol. The number of carbonyl (C=O) groups is 1. The number of hydrogen-bond acceptors (Lipinski definition) is 2. The van der Waals surface area contributed by atoms with Gasteiger partial charge in [0.2, 0.25) is 0 Å². The van der Waals surface area contributed by atoms with Crippen molar-refractivity contribution in [1.29, 1.82) is 0 Å². The molecule has 0 saturated carbocycles. The normalized spacial score (nSPS) is 17.2. The average Bonchev–Trinajstić information content (AvgIpc) is 2.86. The first-order valence-corrected chi connectivity index (χ1v) is 5.67. The molecule has 0 spiro atoms. The second-order valence-electron chi connectivity index (χ2n) is 4.13. The van der Waals surface area contributed by atoms with Crippen molar-refractivity contribution < 1.29 is 4.79 Å². The summed E-state index contributed by atoms with van der Waals surface area (Å²) in [5, 5.41) is 0. The zero-order valence-corrected chi connectivity index (χ0v) is 9.31.